The standard InChI is InChI=1S/C20H26N6O3/c1-21-19(22-10-11-25-14-15(13-23-25)26(27)28)24-17-12-20(8-4-5-9-20)29-18-7-3-2-6-16(17)18/h2-3,6-7,13-14,17H,4-5,8-12H2,1H3,(H2,21,22,24). The summed E-state index contributed by atoms with van der Waals surface area (Å²) in [5, 5.41) is 21.6. The van der Waals surface area contributed by atoms with Crippen molar-refractivity contribution in [2.45, 2.75) is 50.3 Å². The van der Waals surface area contributed by atoms with E-state index in [0.717, 1.165) is 30.6 Å². The number of fused-ring (bicyclic) bond motifs is 1. The van der Waals surface area contributed by atoms with Crippen molar-refractivity contribution in [1.82, 2.24) is 20.4 Å². The summed E-state index contributed by atoms with van der Waals surface area (Å²) in [6.07, 6.45) is 8.18. The lowest BCUT2D eigenvalue weighted by atomic mass is 9.86. The Bertz CT molecular complexity index is 903. The van der Waals surface area contributed by atoms with E-state index in [4.69, 9.17) is 4.74 Å². The molecule has 0 saturated heterocycles. The van der Waals surface area contributed by atoms with Gasteiger partial charge in [-0.1, -0.05) is 18.2 Å². The Kier molecular flexibility index (Phi) is 5.37. The number of benzene rings is 1. The van der Waals surface area contributed by atoms with Gasteiger partial charge in [-0.25, -0.2) is 0 Å². The van der Waals surface area contributed by atoms with Crippen LogP contribution in [0, 0.1) is 10.1 Å². The average Bonchev–Trinajstić information content (AvgIpc) is 3.37. The van der Waals surface area contributed by atoms with Crippen molar-refractivity contribution in [2.75, 3.05) is 13.6 Å². The number of guanidine groups is 1. The highest BCUT2D eigenvalue weighted by molar-refractivity contribution is 5.80. The second-order valence-electron chi connectivity index (χ2n) is 7.65. The molecular weight excluding hydrogens is 372 g/mol. The minimum absolute atomic E-state index is 0.00631. The molecule has 2 N–H and O–H groups in total. The Hall–Kier alpha value is -3.10. The first kappa shape index (κ1) is 19.2. The van der Waals surface area contributed by atoms with Gasteiger partial charge in [-0.05, 0) is 31.7 Å². The second kappa shape index (κ2) is 8.10. The van der Waals surface area contributed by atoms with Crippen LogP contribution in [0.15, 0.2) is 41.7 Å². The van der Waals surface area contributed by atoms with E-state index < -0.39 is 4.92 Å². The summed E-state index contributed by atoms with van der Waals surface area (Å²) in [6.45, 7) is 1.05. The van der Waals surface area contributed by atoms with Crippen LogP contribution < -0.4 is 15.4 Å². The van der Waals surface area contributed by atoms with Gasteiger partial charge >= 0.3 is 5.69 Å². The van der Waals surface area contributed by atoms with E-state index in [0.29, 0.717) is 19.0 Å². The van der Waals surface area contributed by atoms with E-state index in [1.54, 1.807) is 11.7 Å². The van der Waals surface area contributed by atoms with Gasteiger partial charge in [0.2, 0.25) is 0 Å². The van der Waals surface area contributed by atoms with E-state index >= 15 is 0 Å². The zero-order valence-electron chi connectivity index (χ0n) is 16.5. The molecule has 9 heteroatoms. The van der Waals surface area contributed by atoms with Crippen LogP contribution in [0.2, 0.25) is 0 Å². The summed E-state index contributed by atoms with van der Waals surface area (Å²) in [5.74, 6) is 1.65. The van der Waals surface area contributed by atoms with Gasteiger partial charge in [-0.15, -0.1) is 0 Å². The monoisotopic (exact) mass is 398 g/mol. The SMILES string of the molecule is CN=C(NCCn1cc([N+](=O)[O-])cn1)NC1CC2(CCCC2)Oc2ccccc21. The molecule has 1 aliphatic heterocycles. The molecule has 2 heterocycles. The summed E-state index contributed by atoms with van der Waals surface area (Å²) in [7, 11) is 1.74. The molecule has 1 aromatic carbocycles. The second-order valence-corrected chi connectivity index (χ2v) is 7.65. The Morgan fingerprint density at radius 3 is 2.93 bits per heavy atom. The van der Waals surface area contributed by atoms with E-state index in [2.05, 4.69) is 26.8 Å². The zero-order valence-corrected chi connectivity index (χ0v) is 16.5. The summed E-state index contributed by atoms with van der Waals surface area (Å²) < 4.78 is 7.97. The number of aliphatic imine (C=N–C) groups is 1. The molecule has 0 radical (unpaired) electrons. The molecule has 0 bridgehead atoms. The molecule has 4 rings (SSSR count). The molecule has 0 amide bonds. The van der Waals surface area contributed by atoms with Crippen LogP contribution in [0.25, 0.3) is 0 Å². The lowest BCUT2D eigenvalue weighted by Gasteiger charge is -2.40. The lowest BCUT2D eigenvalue weighted by Crippen LogP contribution is -2.47. The van der Waals surface area contributed by atoms with Crippen LogP contribution in [-0.4, -0.2) is 39.9 Å². The third-order valence-electron chi connectivity index (χ3n) is 5.71. The number of ether oxygens (including phenoxy) is 1. The fraction of sp³-hybridized carbons (Fsp3) is 0.500. The Morgan fingerprint density at radius 1 is 1.41 bits per heavy atom. The molecule has 154 valence electrons. The van der Waals surface area contributed by atoms with Gasteiger partial charge < -0.3 is 15.4 Å². The molecule has 1 aliphatic carbocycles. The number of hydrogen-bond donors (Lipinski definition) is 2. The van der Waals surface area contributed by atoms with Crippen molar-refractivity contribution in [1.29, 1.82) is 0 Å². The van der Waals surface area contributed by atoms with E-state index in [1.807, 2.05) is 18.2 Å². The third-order valence-corrected chi connectivity index (χ3v) is 5.71. The zero-order chi connectivity index (χ0) is 20.3. The highest BCUT2D eigenvalue weighted by Gasteiger charge is 2.43. The molecule has 1 atom stereocenters. The minimum Gasteiger partial charge on any atom is -0.487 e. The maximum Gasteiger partial charge on any atom is 0.306 e. The number of nitrogens with zero attached hydrogens (tertiary/aromatic N) is 4. The molecular formula is C20H26N6O3. The first-order valence-electron chi connectivity index (χ1n) is 10.0. The number of rotatable bonds is 5. The minimum atomic E-state index is -0.446. The van der Waals surface area contributed by atoms with Crippen molar-refractivity contribution in [3.63, 3.8) is 0 Å². The number of hydrogen-bond acceptors (Lipinski definition) is 5. The molecule has 2 aliphatic rings. The normalized spacial score (nSPS) is 20.2. The van der Waals surface area contributed by atoms with Gasteiger partial charge in [0.15, 0.2) is 5.96 Å². The van der Waals surface area contributed by atoms with Crippen molar-refractivity contribution >= 4 is 11.6 Å². The maximum atomic E-state index is 10.8. The molecule has 1 saturated carbocycles. The van der Waals surface area contributed by atoms with E-state index in [9.17, 15) is 10.1 Å². The molecule has 1 spiro atoms. The lowest BCUT2D eigenvalue weighted by molar-refractivity contribution is -0.385. The van der Waals surface area contributed by atoms with Crippen molar-refractivity contribution in [2.24, 2.45) is 4.99 Å². The van der Waals surface area contributed by atoms with Gasteiger partial charge in [0, 0.05) is 25.6 Å². The van der Waals surface area contributed by atoms with Gasteiger partial charge in [0.25, 0.3) is 0 Å². The quantitative estimate of drug-likeness (QED) is 0.347. The Balaban J connectivity index is 1.40. The maximum absolute atomic E-state index is 10.8. The molecule has 29 heavy (non-hydrogen) atoms. The van der Waals surface area contributed by atoms with Crippen LogP contribution in [0.3, 0.4) is 0 Å². The van der Waals surface area contributed by atoms with E-state index in [1.165, 1.54) is 25.2 Å². The summed E-state index contributed by atoms with van der Waals surface area (Å²) in [5.41, 5.74) is 1.06. The van der Waals surface area contributed by atoms with Crippen molar-refractivity contribution in [3.05, 3.63) is 52.3 Å². The van der Waals surface area contributed by atoms with Crippen molar-refractivity contribution < 1.29 is 9.66 Å². The predicted octanol–water partition coefficient (Wildman–Crippen LogP) is 2.79. The average molecular weight is 398 g/mol. The number of nitrogens with one attached hydrogen (secondary N) is 2. The summed E-state index contributed by atoms with van der Waals surface area (Å²) in [4.78, 5) is 14.7. The van der Waals surface area contributed by atoms with Crippen LogP contribution in [0.5, 0.6) is 5.75 Å². The summed E-state index contributed by atoms with van der Waals surface area (Å²) >= 11 is 0. The molecule has 1 fully saturated rings. The molecule has 1 aromatic heterocycles. The van der Waals surface area contributed by atoms with E-state index in [-0.39, 0.29) is 17.3 Å². The number of para-hydroxylation sites is 1. The first-order chi connectivity index (χ1) is 14.1. The largest absolute Gasteiger partial charge is 0.487 e. The number of aromatic nitrogens is 2. The smallest absolute Gasteiger partial charge is 0.306 e. The predicted molar refractivity (Wildman–Crippen MR) is 109 cm³/mol. The fourth-order valence-corrected chi connectivity index (χ4v) is 4.29. The molecule has 2 aromatic rings. The van der Waals surface area contributed by atoms with Gasteiger partial charge in [0.1, 0.15) is 23.7 Å². The van der Waals surface area contributed by atoms with Crippen LogP contribution in [-0.2, 0) is 6.54 Å². The van der Waals surface area contributed by atoms with Gasteiger partial charge in [0.05, 0.1) is 17.5 Å². The fourth-order valence-electron chi connectivity index (χ4n) is 4.29. The van der Waals surface area contributed by atoms with Gasteiger partial charge in [-0.3, -0.25) is 19.8 Å². The van der Waals surface area contributed by atoms with Gasteiger partial charge in [-0.2, -0.15) is 5.10 Å². The van der Waals surface area contributed by atoms with Crippen molar-refractivity contribution in [3.8, 4) is 5.75 Å². The summed E-state index contributed by atoms with van der Waals surface area (Å²) in [6, 6.07) is 8.31. The Labute approximate surface area is 169 Å². The number of nitro groups is 1. The Morgan fingerprint density at radius 2 is 2.21 bits per heavy atom. The topological polar surface area (TPSA) is 107 Å². The highest BCUT2D eigenvalue weighted by Crippen LogP contribution is 2.46. The third kappa shape index (κ3) is 4.18. The van der Waals surface area contributed by atoms with Crippen LogP contribution >= 0.6 is 0 Å². The van der Waals surface area contributed by atoms with Crippen LogP contribution in [0.4, 0.5) is 5.69 Å². The molecule has 1 unspecified atom stereocenters. The highest BCUT2D eigenvalue weighted by atomic mass is 16.6. The van der Waals surface area contributed by atoms with Crippen LogP contribution in [0.1, 0.15) is 43.7 Å². The first-order valence-corrected chi connectivity index (χ1v) is 10.0. The molecule has 9 nitrogen and oxygen atoms in total.